The summed E-state index contributed by atoms with van der Waals surface area (Å²) < 4.78 is 0. The molecule has 0 unspecified atom stereocenters. The number of rotatable bonds is 4. The molecule has 0 aromatic rings. The molecular formula is C14H22. The third kappa shape index (κ3) is 6.47. The molecule has 0 atom stereocenters. The lowest BCUT2D eigenvalue weighted by atomic mass is 10.1. The monoisotopic (exact) mass is 190 g/mol. The second-order valence-electron chi connectivity index (χ2n) is 3.62. The zero-order valence-corrected chi connectivity index (χ0v) is 10.1. The van der Waals surface area contributed by atoms with E-state index in [1.54, 1.807) is 0 Å². The molecule has 0 saturated carbocycles. The standard InChI is InChI=1S/C14H22/c1-6-8-9-13(4)11-14(5)10-12(3)7-2/h7-11H,6H2,1-5H3/b9-8-,12-7+,13-11-,14-10+. The quantitative estimate of drug-likeness (QED) is 0.558. The lowest BCUT2D eigenvalue weighted by Crippen LogP contribution is -1.75. The molecule has 0 heteroatoms. The van der Waals surface area contributed by atoms with Gasteiger partial charge in [0.05, 0.1) is 0 Å². The van der Waals surface area contributed by atoms with Gasteiger partial charge in [-0.3, -0.25) is 0 Å². The van der Waals surface area contributed by atoms with Crippen LogP contribution < -0.4 is 0 Å². The third-order valence-electron chi connectivity index (χ3n) is 1.98. The minimum Gasteiger partial charge on any atom is -0.0847 e. The largest absolute Gasteiger partial charge is 0.0847 e. The molecule has 0 aromatic heterocycles. The Hall–Kier alpha value is -1.04. The van der Waals surface area contributed by atoms with Crippen LogP contribution in [0.3, 0.4) is 0 Å². The zero-order valence-electron chi connectivity index (χ0n) is 10.1. The van der Waals surface area contributed by atoms with Crippen LogP contribution >= 0.6 is 0 Å². The minimum atomic E-state index is 1.10. The molecule has 0 N–H and O–H groups in total. The van der Waals surface area contributed by atoms with Gasteiger partial charge in [0.25, 0.3) is 0 Å². The van der Waals surface area contributed by atoms with Crippen molar-refractivity contribution >= 4 is 0 Å². The highest BCUT2D eigenvalue weighted by atomic mass is 13.9. The Kier molecular flexibility index (Phi) is 6.82. The summed E-state index contributed by atoms with van der Waals surface area (Å²) in [5.41, 5.74) is 3.93. The summed E-state index contributed by atoms with van der Waals surface area (Å²) in [6.07, 6.45) is 12.0. The van der Waals surface area contributed by atoms with Crippen molar-refractivity contribution in [3.63, 3.8) is 0 Å². The Balaban J connectivity index is 4.49. The maximum Gasteiger partial charge on any atom is -0.0376 e. The Bertz CT molecular complexity index is 272. The van der Waals surface area contributed by atoms with Crippen LogP contribution in [0.4, 0.5) is 0 Å². The van der Waals surface area contributed by atoms with Crippen molar-refractivity contribution in [2.24, 2.45) is 0 Å². The molecule has 0 nitrogen and oxygen atoms in total. The van der Waals surface area contributed by atoms with Crippen LogP contribution in [0.15, 0.2) is 47.1 Å². The number of allylic oxidation sites excluding steroid dienone is 8. The summed E-state index contributed by atoms with van der Waals surface area (Å²) in [6, 6.07) is 0. The van der Waals surface area contributed by atoms with Gasteiger partial charge in [-0.1, -0.05) is 54.0 Å². The van der Waals surface area contributed by atoms with E-state index in [-0.39, 0.29) is 0 Å². The molecule has 0 rings (SSSR count). The third-order valence-corrected chi connectivity index (χ3v) is 1.98. The van der Waals surface area contributed by atoms with Gasteiger partial charge >= 0.3 is 0 Å². The lowest BCUT2D eigenvalue weighted by molar-refractivity contribution is 1.22. The summed E-state index contributed by atoms with van der Waals surface area (Å²) in [5, 5.41) is 0. The van der Waals surface area contributed by atoms with Crippen molar-refractivity contribution in [2.45, 2.75) is 41.0 Å². The maximum atomic E-state index is 2.21. The van der Waals surface area contributed by atoms with Crippen LogP contribution in [0, 0.1) is 0 Å². The summed E-state index contributed by atoms with van der Waals surface area (Å²) in [7, 11) is 0. The smallest absolute Gasteiger partial charge is 0.0376 e. The van der Waals surface area contributed by atoms with E-state index in [4.69, 9.17) is 0 Å². The van der Waals surface area contributed by atoms with Gasteiger partial charge in [-0.2, -0.15) is 0 Å². The molecule has 0 amide bonds. The molecule has 0 aliphatic rings. The summed E-state index contributed by atoms with van der Waals surface area (Å²) in [4.78, 5) is 0. The van der Waals surface area contributed by atoms with E-state index >= 15 is 0 Å². The van der Waals surface area contributed by atoms with Crippen molar-refractivity contribution in [3.8, 4) is 0 Å². The van der Waals surface area contributed by atoms with Crippen LogP contribution in [-0.2, 0) is 0 Å². The number of hydrogen-bond donors (Lipinski definition) is 0. The van der Waals surface area contributed by atoms with E-state index in [1.807, 2.05) is 0 Å². The first-order chi connectivity index (χ1) is 6.60. The maximum absolute atomic E-state index is 2.21. The van der Waals surface area contributed by atoms with Gasteiger partial charge in [0.2, 0.25) is 0 Å². The molecule has 0 bridgehead atoms. The normalized spacial score (nSPS) is 15.4. The van der Waals surface area contributed by atoms with Gasteiger partial charge < -0.3 is 0 Å². The molecule has 0 heterocycles. The highest BCUT2D eigenvalue weighted by Crippen LogP contribution is 2.07. The molecule has 78 valence electrons. The van der Waals surface area contributed by atoms with Crippen molar-refractivity contribution in [3.05, 3.63) is 47.1 Å². The first-order valence-corrected chi connectivity index (χ1v) is 5.26. The van der Waals surface area contributed by atoms with Crippen LogP contribution in [0.5, 0.6) is 0 Å². The minimum absolute atomic E-state index is 1.10. The Labute approximate surface area is 88.7 Å². The van der Waals surface area contributed by atoms with E-state index < -0.39 is 0 Å². The van der Waals surface area contributed by atoms with Gasteiger partial charge in [-0.05, 0) is 34.1 Å². The molecule has 0 aliphatic heterocycles. The molecule has 0 aliphatic carbocycles. The SMILES string of the molecule is C/C=C(C)/C=C(C)/C=C(C)\C=C/CC. The lowest BCUT2D eigenvalue weighted by Gasteiger charge is -1.96. The van der Waals surface area contributed by atoms with Gasteiger partial charge in [0.15, 0.2) is 0 Å². The van der Waals surface area contributed by atoms with Crippen molar-refractivity contribution in [1.29, 1.82) is 0 Å². The predicted molar refractivity (Wildman–Crippen MR) is 66.4 cm³/mol. The average molecular weight is 190 g/mol. The van der Waals surface area contributed by atoms with Crippen LogP contribution in [-0.4, -0.2) is 0 Å². The molecule has 14 heavy (non-hydrogen) atoms. The van der Waals surface area contributed by atoms with Gasteiger partial charge in [-0.25, -0.2) is 0 Å². The average Bonchev–Trinajstić information content (AvgIpc) is 2.14. The van der Waals surface area contributed by atoms with Crippen molar-refractivity contribution in [1.82, 2.24) is 0 Å². The van der Waals surface area contributed by atoms with E-state index in [2.05, 4.69) is 65.0 Å². The fourth-order valence-corrected chi connectivity index (χ4v) is 1.20. The Morgan fingerprint density at radius 2 is 1.50 bits per heavy atom. The summed E-state index contributed by atoms with van der Waals surface area (Å²) >= 11 is 0. The van der Waals surface area contributed by atoms with Crippen LogP contribution in [0.25, 0.3) is 0 Å². The topological polar surface area (TPSA) is 0 Å². The highest BCUT2D eigenvalue weighted by Gasteiger charge is 1.86. The molecule has 0 spiro atoms. The van der Waals surface area contributed by atoms with Gasteiger partial charge in [0.1, 0.15) is 0 Å². The molecule has 0 radical (unpaired) electrons. The fourth-order valence-electron chi connectivity index (χ4n) is 1.20. The number of hydrogen-bond acceptors (Lipinski definition) is 0. The first-order valence-electron chi connectivity index (χ1n) is 5.26. The Morgan fingerprint density at radius 3 is 2.00 bits per heavy atom. The molecular weight excluding hydrogens is 168 g/mol. The highest BCUT2D eigenvalue weighted by molar-refractivity contribution is 5.32. The zero-order chi connectivity index (χ0) is 11.0. The van der Waals surface area contributed by atoms with Crippen LogP contribution in [0.1, 0.15) is 41.0 Å². The van der Waals surface area contributed by atoms with E-state index in [0.717, 1.165) is 6.42 Å². The van der Waals surface area contributed by atoms with E-state index in [0.29, 0.717) is 0 Å². The summed E-state index contributed by atoms with van der Waals surface area (Å²) in [5.74, 6) is 0. The molecule has 0 fully saturated rings. The second kappa shape index (κ2) is 7.37. The second-order valence-corrected chi connectivity index (χ2v) is 3.62. The molecule has 0 saturated heterocycles. The van der Waals surface area contributed by atoms with Crippen LogP contribution in [0.2, 0.25) is 0 Å². The summed E-state index contributed by atoms with van der Waals surface area (Å²) in [6.45, 7) is 10.6. The van der Waals surface area contributed by atoms with E-state index in [1.165, 1.54) is 16.7 Å². The van der Waals surface area contributed by atoms with Gasteiger partial charge in [0, 0.05) is 0 Å². The first kappa shape index (κ1) is 13.0. The van der Waals surface area contributed by atoms with Gasteiger partial charge in [-0.15, -0.1) is 0 Å². The fraction of sp³-hybridized carbons (Fsp3) is 0.429. The van der Waals surface area contributed by atoms with Crippen molar-refractivity contribution in [2.75, 3.05) is 0 Å². The van der Waals surface area contributed by atoms with Crippen molar-refractivity contribution < 1.29 is 0 Å². The predicted octanol–water partition coefficient (Wildman–Crippen LogP) is 4.81. The Morgan fingerprint density at radius 1 is 0.929 bits per heavy atom. The van der Waals surface area contributed by atoms with E-state index in [9.17, 15) is 0 Å². The molecule has 0 aromatic carbocycles.